The minimum Gasteiger partial charge on any atom is -0.454 e. The molecule has 2 aromatic rings. The van der Waals surface area contributed by atoms with Gasteiger partial charge in [0.15, 0.2) is 0 Å². The highest BCUT2D eigenvalue weighted by Crippen LogP contribution is 2.19. The van der Waals surface area contributed by atoms with Crippen LogP contribution < -0.4 is 15.4 Å². The SMILES string of the molecule is CCc1oc(C(=O)Oc2ccc(C[C@@H]3NC(=O)NC3=O)cc2)cc1C. The second kappa shape index (κ2) is 6.80. The van der Waals surface area contributed by atoms with Gasteiger partial charge in [-0.05, 0) is 36.2 Å². The number of imide groups is 1. The van der Waals surface area contributed by atoms with Crippen molar-refractivity contribution < 1.29 is 23.5 Å². The number of aryl methyl sites for hydroxylation is 2. The summed E-state index contributed by atoms with van der Waals surface area (Å²) in [5.74, 6) is 0.405. The van der Waals surface area contributed by atoms with Gasteiger partial charge < -0.3 is 14.5 Å². The molecule has 7 heteroatoms. The van der Waals surface area contributed by atoms with E-state index in [1.165, 1.54) is 0 Å². The van der Waals surface area contributed by atoms with Crippen LogP contribution in [-0.2, 0) is 17.6 Å². The van der Waals surface area contributed by atoms with Crippen LogP contribution >= 0.6 is 0 Å². The predicted molar refractivity (Wildman–Crippen MR) is 88.4 cm³/mol. The van der Waals surface area contributed by atoms with E-state index in [-0.39, 0.29) is 11.7 Å². The van der Waals surface area contributed by atoms with Crippen LogP contribution in [0.2, 0.25) is 0 Å². The number of amides is 3. The van der Waals surface area contributed by atoms with Gasteiger partial charge in [-0.2, -0.15) is 0 Å². The first-order valence-corrected chi connectivity index (χ1v) is 7.98. The summed E-state index contributed by atoms with van der Waals surface area (Å²) in [6.45, 7) is 3.83. The van der Waals surface area contributed by atoms with Gasteiger partial charge in [0.05, 0.1) is 0 Å². The van der Waals surface area contributed by atoms with Crippen LogP contribution in [0.15, 0.2) is 34.7 Å². The summed E-state index contributed by atoms with van der Waals surface area (Å²) in [5.41, 5.74) is 1.76. The van der Waals surface area contributed by atoms with Crippen molar-refractivity contribution in [3.05, 3.63) is 53.0 Å². The molecular formula is C18H18N2O5. The Morgan fingerprint density at radius 2 is 1.96 bits per heavy atom. The molecule has 2 heterocycles. The lowest BCUT2D eigenvalue weighted by atomic mass is 10.1. The highest BCUT2D eigenvalue weighted by Gasteiger charge is 2.29. The van der Waals surface area contributed by atoms with E-state index < -0.39 is 18.0 Å². The Morgan fingerprint density at radius 3 is 2.52 bits per heavy atom. The molecule has 0 unspecified atom stereocenters. The lowest BCUT2D eigenvalue weighted by Crippen LogP contribution is -2.31. The molecule has 1 aromatic heterocycles. The molecule has 1 aliphatic heterocycles. The topological polar surface area (TPSA) is 97.6 Å². The third-order valence-electron chi connectivity index (χ3n) is 3.98. The molecule has 2 N–H and O–H groups in total. The van der Waals surface area contributed by atoms with Crippen LogP contribution in [0.5, 0.6) is 5.75 Å². The monoisotopic (exact) mass is 342 g/mol. The maximum absolute atomic E-state index is 12.1. The Labute approximate surface area is 144 Å². The van der Waals surface area contributed by atoms with Gasteiger partial charge in [0.2, 0.25) is 5.76 Å². The molecule has 0 spiro atoms. The minimum atomic E-state index is -0.584. The first-order valence-electron chi connectivity index (χ1n) is 7.98. The highest BCUT2D eigenvalue weighted by atomic mass is 16.5. The zero-order valence-electron chi connectivity index (χ0n) is 13.9. The van der Waals surface area contributed by atoms with Crippen LogP contribution in [0.1, 0.15) is 34.4 Å². The van der Waals surface area contributed by atoms with Crippen molar-refractivity contribution in [2.24, 2.45) is 0 Å². The second-order valence-electron chi connectivity index (χ2n) is 5.82. The normalized spacial score (nSPS) is 16.5. The van der Waals surface area contributed by atoms with Crippen molar-refractivity contribution in [2.75, 3.05) is 0 Å². The molecule has 1 aromatic carbocycles. The summed E-state index contributed by atoms with van der Waals surface area (Å²) >= 11 is 0. The maximum atomic E-state index is 12.1. The van der Waals surface area contributed by atoms with E-state index in [1.54, 1.807) is 30.3 Å². The summed E-state index contributed by atoms with van der Waals surface area (Å²) in [6.07, 6.45) is 1.07. The molecule has 3 rings (SSSR count). The predicted octanol–water partition coefficient (Wildman–Crippen LogP) is 2.12. The quantitative estimate of drug-likeness (QED) is 0.493. The summed E-state index contributed by atoms with van der Waals surface area (Å²) in [7, 11) is 0. The van der Waals surface area contributed by atoms with Crippen LogP contribution in [0.4, 0.5) is 4.79 Å². The maximum Gasteiger partial charge on any atom is 0.379 e. The van der Waals surface area contributed by atoms with Crippen molar-refractivity contribution in [1.82, 2.24) is 10.6 Å². The summed E-state index contributed by atoms with van der Waals surface area (Å²) < 4.78 is 10.8. The molecule has 0 saturated carbocycles. The number of urea groups is 1. The number of hydrogen-bond acceptors (Lipinski definition) is 5. The fourth-order valence-corrected chi connectivity index (χ4v) is 2.66. The highest BCUT2D eigenvalue weighted by molar-refractivity contribution is 6.04. The fourth-order valence-electron chi connectivity index (χ4n) is 2.66. The molecule has 0 radical (unpaired) electrons. The number of furan rings is 1. The standard InChI is InChI=1S/C18H18N2O5/c1-3-14-10(2)8-15(25-14)17(22)24-12-6-4-11(5-7-12)9-13-16(21)20-18(23)19-13/h4-8,13H,3,9H2,1-2H3,(H2,19,20,21,23)/t13-/m0/s1. The van der Waals surface area contributed by atoms with Crippen LogP contribution in [0.25, 0.3) is 0 Å². The van der Waals surface area contributed by atoms with Gasteiger partial charge in [-0.25, -0.2) is 9.59 Å². The molecule has 0 bridgehead atoms. The lowest BCUT2D eigenvalue weighted by Gasteiger charge is -2.08. The summed E-state index contributed by atoms with van der Waals surface area (Å²) in [4.78, 5) is 34.8. The molecule has 1 saturated heterocycles. The zero-order valence-corrected chi connectivity index (χ0v) is 13.9. The Kier molecular flexibility index (Phi) is 4.56. The van der Waals surface area contributed by atoms with Gasteiger partial charge in [-0.1, -0.05) is 19.1 Å². The van der Waals surface area contributed by atoms with E-state index in [0.717, 1.165) is 16.9 Å². The van der Waals surface area contributed by atoms with Gasteiger partial charge in [0, 0.05) is 12.8 Å². The van der Waals surface area contributed by atoms with E-state index >= 15 is 0 Å². The Balaban J connectivity index is 1.63. The number of carbonyl (C=O) groups is 3. The first kappa shape index (κ1) is 16.8. The average molecular weight is 342 g/mol. The molecule has 130 valence electrons. The van der Waals surface area contributed by atoms with Gasteiger partial charge in [0.1, 0.15) is 17.6 Å². The van der Waals surface area contributed by atoms with E-state index in [0.29, 0.717) is 18.6 Å². The first-order chi connectivity index (χ1) is 12.0. The van der Waals surface area contributed by atoms with Crippen LogP contribution in [-0.4, -0.2) is 23.9 Å². The molecule has 1 atom stereocenters. The number of rotatable bonds is 5. The van der Waals surface area contributed by atoms with Gasteiger partial charge in [0.25, 0.3) is 5.91 Å². The van der Waals surface area contributed by atoms with E-state index in [9.17, 15) is 14.4 Å². The van der Waals surface area contributed by atoms with Gasteiger partial charge in [-0.15, -0.1) is 0 Å². The van der Waals surface area contributed by atoms with Crippen LogP contribution in [0.3, 0.4) is 0 Å². The van der Waals surface area contributed by atoms with Crippen molar-refractivity contribution in [3.8, 4) is 5.75 Å². The molecular weight excluding hydrogens is 324 g/mol. The zero-order chi connectivity index (χ0) is 18.0. The molecule has 1 fully saturated rings. The van der Waals surface area contributed by atoms with Gasteiger partial charge in [-0.3, -0.25) is 10.1 Å². The van der Waals surface area contributed by atoms with Crippen molar-refractivity contribution in [3.63, 3.8) is 0 Å². The fraction of sp³-hybridized carbons (Fsp3) is 0.278. The molecule has 7 nitrogen and oxygen atoms in total. The minimum absolute atomic E-state index is 0.170. The Bertz CT molecular complexity index is 822. The Morgan fingerprint density at radius 1 is 1.24 bits per heavy atom. The number of benzene rings is 1. The Hall–Kier alpha value is -3.09. The summed E-state index contributed by atoms with van der Waals surface area (Å²) in [6, 6.07) is 7.35. The molecule has 1 aliphatic rings. The van der Waals surface area contributed by atoms with Crippen molar-refractivity contribution in [1.29, 1.82) is 0 Å². The molecule has 25 heavy (non-hydrogen) atoms. The number of carbonyl (C=O) groups excluding carboxylic acids is 3. The van der Waals surface area contributed by atoms with E-state index in [4.69, 9.17) is 9.15 Å². The third kappa shape index (κ3) is 3.71. The average Bonchev–Trinajstić information content (AvgIpc) is 3.11. The van der Waals surface area contributed by atoms with Crippen LogP contribution in [0, 0.1) is 6.92 Å². The summed E-state index contributed by atoms with van der Waals surface area (Å²) in [5, 5.41) is 4.72. The largest absolute Gasteiger partial charge is 0.454 e. The van der Waals surface area contributed by atoms with E-state index in [2.05, 4.69) is 10.6 Å². The second-order valence-corrected chi connectivity index (χ2v) is 5.82. The van der Waals surface area contributed by atoms with Gasteiger partial charge >= 0.3 is 12.0 Å². The number of esters is 1. The van der Waals surface area contributed by atoms with E-state index in [1.807, 2.05) is 13.8 Å². The number of ether oxygens (including phenoxy) is 1. The molecule has 0 aliphatic carbocycles. The lowest BCUT2D eigenvalue weighted by molar-refractivity contribution is -0.120. The third-order valence-corrected chi connectivity index (χ3v) is 3.98. The number of hydrogen-bond donors (Lipinski definition) is 2. The molecule has 3 amide bonds. The number of nitrogens with one attached hydrogen (secondary N) is 2. The smallest absolute Gasteiger partial charge is 0.379 e. The van der Waals surface area contributed by atoms with Crippen molar-refractivity contribution in [2.45, 2.75) is 32.7 Å². The van der Waals surface area contributed by atoms with Crippen molar-refractivity contribution >= 4 is 17.9 Å².